The normalized spacial score (nSPS) is 11.1. The van der Waals surface area contributed by atoms with Crippen LogP contribution >= 0.6 is 0 Å². The summed E-state index contributed by atoms with van der Waals surface area (Å²) in [4.78, 5) is 20.9. The Labute approximate surface area is 66.7 Å². The molecule has 0 radical (unpaired) electrons. The van der Waals surface area contributed by atoms with E-state index in [9.17, 15) is 9.59 Å². The van der Waals surface area contributed by atoms with E-state index in [4.69, 9.17) is 4.74 Å². The zero-order chi connectivity index (χ0) is 8.74. The van der Waals surface area contributed by atoms with Gasteiger partial charge in [-0.1, -0.05) is 13.3 Å². The van der Waals surface area contributed by atoms with Gasteiger partial charge in [0, 0.05) is 7.11 Å². The van der Waals surface area contributed by atoms with Gasteiger partial charge >= 0.3 is 0 Å². The summed E-state index contributed by atoms with van der Waals surface area (Å²) >= 11 is 0. The fourth-order valence-electron chi connectivity index (χ4n) is 0.797. The van der Waals surface area contributed by atoms with Crippen LogP contribution in [0.15, 0.2) is 0 Å². The van der Waals surface area contributed by atoms with E-state index in [1.54, 1.807) is 0 Å². The first-order valence-electron chi connectivity index (χ1n) is 3.72. The Bertz CT molecular complexity index is 123. The summed E-state index contributed by atoms with van der Waals surface area (Å²) in [5.41, 5.74) is -1.18. The molecule has 0 N–H and O–H groups in total. The van der Waals surface area contributed by atoms with Crippen LogP contribution in [0, 0.1) is 0 Å². The summed E-state index contributed by atoms with van der Waals surface area (Å²) in [6, 6.07) is 0. The Morgan fingerprint density at radius 1 is 1.36 bits per heavy atom. The molecule has 0 saturated heterocycles. The number of carbonyl (C=O) groups is 2. The third-order valence-corrected chi connectivity index (χ3v) is 1.70. The molecule has 0 aliphatic carbocycles. The molecule has 0 bridgehead atoms. The number of hydrogen-bond donors (Lipinski definition) is 0. The summed E-state index contributed by atoms with van der Waals surface area (Å²) in [6.07, 6.45) is 3.39. The number of methoxy groups -OCH3 is 1. The third kappa shape index (κ3) is 2.80. The molecule has 0 aliphatic rings. The van der Waals surface area contributed by atoms with Crippen molar-refractivity contribution in [1.29, 1.82) is 0 Å². The monoisotopic (exact) mass is 158 g/mol. The Balaban J connectivity index is 4.05. The molecule has 11 heavy (non-hydrogen) atoms. The van der Waals surface area contributed by atoms with E-state index < -0.39 is 5.60 Å². The molecule has 0 fully saturated rings. The zero-order valence-corrected chi connectivity index (χ0v) is 7.00. The van der Waals surface area contributed by atoms with Crippen LogP contribution in [0.25, 0.3) is 0 Å². The van der Waals surface area contributed by atoms with Gasteiger partial charge in [-0.25, -0.2) is 0 Å². The predicted molar refractivity (Wildman–Crippen MR) is 41.4 cm³/mol. The second-order valence-electron chi connectivity index (χ2n) is 2.50. The van der Waals surface area contributed by atoms with Crippen molar-refractivity contribution >= 4 is 12.6 Å². The lowest BCUT2D eigenvalue weighted by molar-refractivity contribution is -0.139. The smallest absolute Gasteiger partial charge is 0.177 e. The summed E-state index contributed by atoms with van der Waals surface area (Å²) in [7, 11) is 1.37. The molecule has 0 amide bonds. The minimum Gasteiger partial charge on any atom is -0.363 e. The largest absolute Gasteiger partial charge is 0.363 e. The number of rotatable bonds is 6. The Morgan fingerprint density at radius 3 is 2.18 bits per heavy atom. The standard InChI is InChI=1S/C8H14O3/c1-3-4-5-8(6-9,7-10)11-2/h6-7H,3-5H2,1-2H3. The molecule has 0 spiro atoms. The molecule has 0 atom stereocenters. The first-order valence-corrected chi connectivity index (χ1v) is 3.72. The Kier molecular flexibility index (Phi) is 4.70. The number of carbonyl (C=O) groups excluding carboxylic acids is 2. The van der Waals surface area contributed by atoms with Gasteiger partial charge in [0.05, 0.1) is 0 Å². The van der Waals surface area contributed by atoms with Crippen LogP contribution < -0.4 is 0 Å². The highest BCUT2D eigenvalue weighted by Gasteiger charge is 2.27. The molecule has 3 heteroatoms. The molecule has 3 nitrogen and oxygen atoms in total. The maximum Gasteiger partial charge on any atom is 0.177 e. The fraction of sp³-hybridized carbons (Fsp3) is 0.750. The van der Waals surface area contributed by atoms with Crippen LogP contribution in [0.5, 0.6) is 0 Å². The van der Waals surface area contributed by atoms with Crippen LogP contribution in [0.3, 0.4) is 0 Å². The molecule has 0 rings (SSSR count). The summed E-state index contributed by atoms with van der Waals surface area (Å²) in [5.74, 6) is 0. The van der Waals surface area contributed by atoms with Crippen molar-refractivity contribution in [3.8, 4) is 0 Å². The van der Waals surface area contributed by atoms with Crippen molar-refractivity contribution in [3.05, 3.63) is 0 Å². The highest BCUT2D eigenvalue weighted by atomic mass is 16.5. The molecule has 0 aromatic rings. The average molecular weight is 158 g/mol. The van der Waals surface area contributed by atoms with Crippen LogP contribution in [0.4, 0.5) is 0 Å². The fourth-order valence-corrected chi connectivity index (χ4v) is 0.797. The van der Waals surface area contributed by atoms with Gasteiger partial charge in [0.15, 0.2) is 18.2 Å². The zero-order valence-electron chi connectivity index (χ0n) is 7.00. The maximum atomic E-state index is 10.4. The molecule has 0 aliphatic heterocycles. The average Bonchev–Trinajstić information content (AvgIpc) is 2.08. The van der Waals surface area contributed by atoms with Gasteiger partial charge in [-0.15, -0.1) is 0 Å². The highest BCUT2D eigenvalue weighted by molar-refractivity contribution is 5.87. The van der Waals surface area contributed by atoms with Crippen molar-refractivity contribution < 1.29 is 14.3 Å². The van der Waals surface area contributed by atoms with Gasteiger partial charge in [-0.3, -0.25) is 9.59 Å². The molecular formula is C8H14O3. The molecule has 64 valence electrons. The lowest BCUT2D eigenvalue weighted by Crippen LogP contribution is -2.34. The van der Waals surface area contributed by atoms with Crippen LogP contribution in [-0.4, -0.2) is 25.3 Å². The maximum absolute atomic E-state index is 10.4. The van der Waals surface area contributed by atoms with Crippen molar-refractivity contribution in [3.63, 3.8) is 0 Å². The number of hydrogen-bond acceptors (Lipinski definition) is 3. The lowest BCUT2D eigenvalue weighted by Gasteiger charge is -2.18. The second-order valence-corrected chi connectivity index (χ2v) is 2.50. The van der Waals surface area contributed by atoms with Gasteiger partial charge in [0.25, 0.3) is 0 Å². The van der Waals surface area contributed by atoms with E-state index in [2.05, 4.69) is 0 Å². The Morgan fingerprint density at radius 2 is 1.91 bits per heavy atom. The molecule has 0 saturated carbocycles. The van der Waals surface area contributed by atoms with Crippen LogP contribution in [-0.2, 0) is 14.3 Å². The summed E-state index contributed by atoms with van der Waals surface area (Å²) in [6.45, 7) is 2.00. The number of unbranched alkanes of at least 4 members (excludes halogenated alkanes) is 1. The molecule has 0 unspecified atom stereocenters. The number of aldehydes is 2. The first kappa shape index (κ1) is 10.3. The van der Waals surface area contributed by atoms with E-state index in [0.29, 0.717) is 19.0 Å². The SMILES string of the molecule is CCCCC(C=O)(C=O)OC. The van der Waals surface area contributed by atoms with E-state index in [0.717, 1.165) is 12.8 Å². The van der Waals surface area contributed by atoms with Crippen molar-refractivity contribution in [1.82, 2.24) is 0 Å². The summed E-state index contributed by atoms with van der Waals surface area (Å²) in [5, 5.41) is 0. The Hall–Kier alpha value is -0.700. The quantitative estimate of drug-likeness (QED) is 0.427. The predicted octanol–water partition coefficient (Wildman–Crippen LogP) is 0.960. The van der Waals surface area contributed by atoms with Crippen molar-refractivity contribution in [2.45, 2.75) is 31.8 Å². The van der Waals surface area contributed by atoms with Crippen LogP contribution in [0.2, 0.25) is 0 Å². The molecule has 0 aromatic carbocycles. The minimum absolute atomic E-state index is 0.479. The summed E-state index contributed by atoms with van der Waals surface area (Å²) < 4.78 is 4.80. The first-order chi connectivity index (χ1) is 5.24. The van der Waals surface area contributed by atoms with E-state index >= 15 is 0 Å². The van der Waals surface area contributed by atoms with Gasteiger partial charge in [0.1, 0.15) is 0 Å². The van der Waals surface area contributed by atoms with E-state index in [1.807, 2.05) is 6.92 Å². The van der Waals surface area contributed by atoms with Gasteiger partial charge in [0.2, 0.25) is 0 Å². The van der Waals surface area contributed by atoms with Gasteiger partial charge in [-0.2, -0.15) is 0 Å². The van der Waals surface area contributed by atoms with Gasteiger partial charge < -0.3 is 4.74 Å². The molecular weight excluding hydrogens is 144 g/mol. The van der Waals surface area contributed by atoms with Crippen molar-refractivity contribution in [2.24, 2.45) is 0 Å². The van der Waals surface area contributed by atoms with Crippen LogP contribution in [0.1, 0.15) is 26.2 Å². The minimum atomic E-state index is -1.18. The lowest BCUT2D eigenvalue weighted by atomic mass is 10.0. The molecule has 0 heterocycles. The van der Waals surface area contributed by atoms with Crippen molar-refractivity contribution in [2.75, 3.05) is 7.11 Å². The van der Waals surface area contributed by atoms with E-state index in [1.165, 1.54) is 7.11 Å². The molecule has 0 aromatic heterocycles. The topological polar surface area (TPSA) is 43.4 Å². The number of ether oxygens (including phenoxy) is 1. The highest BCUT2D eigenvalue weighted by Crippen LogP contribution is 2.12. The second kappa shape index (κ2) is 5.02. The van der Waals surface area contributed by atoms with E-state index in [-0.39, 0.29) is 0 Å². The van der Waals surface area contributed by atoms with Gasteiger partial charge in [-0.05, 0) is 12.8 Å². The third-order valence-electron chi connectivity index (χ3n) is 1.70.